The van der Waals surface area contributed by atoms with Crippen LogP contribution in [0, 0.1) is 0 Å². The first-order valence-electron chi connectivity index (χ1n) is 9.12. The Hall–Kier alpha value is -1.63. The van der Waals surface area contributed by atoms with Crippen molar-refractivity contribution in [3.63, 3.8) is 0 Å². The van der Waals surface area contributed by atoms with E-state index >= 15 is 0 Å². The third-order valence-electron chi connectivity index (χ3n) is 5.59. The van der Waals surface area contributed by atoms with E-state index in [-0.39, 0.29) is 12.5 Å². The molecule has 1 saturated carbocycles. The Morgan fingerprint density at radius 3 is 2.21 bits per heavy atom. The monoisotopic (exact) mass is 336 g/mol. The summed E-state index contributed by atoms with van der Waals surface area (Å²) in [4.78, 5) is 43.9. The van der Waals surface area contributed by atoms with E-state index in [1.807, 2.05) is 0 Å². The number of rotatable bonds is 1. The van der Waals surface area contributed by atoms with Crippen molar-refractivity contribution >= 4 is 17.7 Å². The molecule has 134 valence electrons. The van der Waals surface area contributed by atoms with Crippen LogP contribution >= 0.6 is 0 Å². The zero-order chi connectivity index (χ0) is 17.1. The maximum atomic E-state index is 12.6. The first kappa shape index (κ1) is 17.2. The molecule has 0 radical (unpaired) electrons. The summed E-state index contributed by atoms with van der Waals surface area (Å²) in [6.45, 7) is 4.06. The molecule has 3 amide bonds. The summed E-state index contributed by atoms with van der Waals surface area (Å²) in [5.74, 6) is -1.07. The Morgan fingerprint density at radius 1 is 0.833 bits per heavy atom. The Balaban J connectivity index is 1.54. The first-order valence-corrected chi connectivity index (χ1v) is 9.12. The highest BCUT2D eigenvalue weighted by Crippen LogP contribution is 2.24. The Labute approximate surface area is 143 Å². The van der Waals surface area contributed by atoms with Crippen molar-refractivity contribution in [3.05, 3.63) is 0 Å². The normalized spacial score (nSPS) is 24.4. The van der Waals surface area contributed by atoms with E-state index in [1.54, 1.807) is 16.8 Å². The van der Waals surface area contributed by atoms with Gasteiger partial charge in [0.15, 0.2) is 0 Å². The average molecular weight is 336 g/mol. The highest BCUT2D eigenvalue weighted by Gasteiger charge is 2.33. The van der Waals surface area contributed by atoms with Crippen LogP contribution in [-0.4, -0.2) is 96.2 Å². The lowest BCUT2D eigenvalue weighted by Crippen LogP contribution is -2.55. The van der Waals surface area contributed by atoms with Crippen molar-refractivity contribution in [2.24, 2.45) is 0 Å². The molecular weight excluding hydrogens is 308 g/mol. The van der Waals surface area contributed by atoms with Crippen LogP contribution in [0.25, 0.3) is 0 Å². The fraction of sp³-hybridized carbons (Fsp3) is 0.824. The molecule has 0 aromatic carbocycles. The summed E-state index contributed by atoms with van der Waals surface area (Å²) in [6, 6.07) is 0.658. The molecule has 0 aromatic rings. The molecule has 0 spiro atoms. The van der Waals surface area contributed by atoms with E-state index < -0.39 is 11.8 Å². The molecule has 3 fully saturated rings. The highest BCUT2D eigenvalue weighted by atomic mass is 16.2. The van der Waals surface area contributed by atoms with Gasteiger partial charge in [0, 0.05) is 52.4 Å². The molecule has 0 atom stereocenters. The molecule has 24 heavy (non-hydrogen) atoms. The largest absolute Gasteiger partial charge is 0.342 e. The third kappa shape index (κ3) is 3.71. The summed E-state index contributed by atoms with van der Waals surface area (Å²) in [5.41, 5.74) is 0. The lowest BCUT2D eigenvalue weighted by atomic mass is 10.2. The molecule has 1 aliphatic carbocycles. The van der Waals surface area contributed by atoms with E-state index in [9.17, 15) is 14.4 Å². The third-order valence-corrected chi connectivity index (χ3v) is 5.59. The van der Waals surface area contributed by atoms with E-state index in [1.165, 1.54) is 30.6 Å². The Kier molecular flexibility index (Phi) is 5.38. The van der Waals surface area contributed by atoms with Gasteiger partial charge in [0.05, 0.1) is 0 Å². The van der Waals surface area contributed by atoms with Gasteiger partial charge < -0.3 is 14.7 Å². The maximum absolute atomic E-state index is 12.6. The second-order valence-corrected chi connectivity index (χ2v) is 7.16. The van der Waals surface area contributed by atoms with Crippen molar-refractivity contribution in [2.45, 2.75) is 38.1 Å². The summed E-state index contributed by atoms with van der Waals surface area (Å²) < 4.78 is 0. The molecule has 0 unspecified atom stereocenters. The molecule has 2 aliphatic heterocycles. The standard InChI is InChI=1S/C17H28N4O3/c1-18-9-10-21(13-15(18)22)17(24)16(23)20-8-4-7-19(11-12-20)14-5-2-3-6-14/h14H,2-13H2,1H3. The van der Waals surface area contributed by atoms with Crippen molar-refractivity contribution in [3.8, 4) is 0 Å². The molecule has 3 aliphatic rings. The van der Waals surface area contributed by atoms with Crippen molar-refractivity contribution in [1.82, 2.24) is 19.6 Å². The van der Waals surface area contributed by atoms with Crippen LogP contribution in [0.1, 0.15) is 32.1 Å². The molecule has 0 N–H and O–H groups in total. The average Bonchev–Trinajstić information content (AvgIpc) is 3.01. The minimum Gasteiger partial charge on any atom is -0.342 e. The van der Waals surface area contributed by atoms with Crippen LogP contribution in [0.2, 0.25) is 0 Å². The summed E-state index contributed by atoms with van der Waals surface area (Å²) in [7, 11) is 1.72. The maximum Gasteiger partial charge on any atom is 0.312 e. The van der Waals surface area contributed by atoms with Gasteiger partial charge >= 0.3 is 11.8 Å². The predicted octanol–water partition coefficient (Wildman–Crippen LogP) is -0.236. The SMILES string of the molecule is CN1CCN(C(=O)C(=O)N2CCCN(C3CCCC3)CC2)CC1=O. The Morgan fingerprint density at radius 2 is 1.50 bits per heavy atom. The predicted molar refractivity (Wildman–Crippen MR) is 89.2 cm³/mol. The molecule has 3 rings (SSSR count). The Bertz CT molecular complexity index is 504. The van der Waals surface area contributed by atoms with Gasteiger partial charge in [-0.25, -0.2) is 0 Å². The number of hydrogen-bond donors (Lipinski definition) is 0. The fourth-order valence-electron chi connectivity index (χ4n) is 3.98. The topological polar surface area (TPSA) is 64.2 Å². The van der Waals surface area contributed by atoms with Crippen LogP contribution in [0.5, 0.6) is 0 Å². The fourth-order valence-corrected chi connectivity index (χ4v) is 3.98. The smallest absolute Gasteiger partial charge is 0.312 e. The molecule has 2 heterocycles. The number of amides is 3. The number of piperazine rings is 1. The van der Waals surface area contributed by atoms with Crippen LogP contribution < -0.4 is 0 Å². The van der Waals surface area contributed by atoms with Gasteiger partial charge in [0.1, 0.15) is 6.54 Å². The minimum absolute atomic E-state index is 0.0170. The van der Waals surface area contributed by atoms with Gasteiger partial charge in [-0.05, 0) is 19.3 Å². The van der Waals surface area contributed by atoms with Gasteiger partial charge in [0.2, 0.25) is 5.91 Å². The van der Waals surface area contributed by atoms with Crippen LogP contribution in [0.4, 0.5) is 0 Å². The number of likely N-dealkylation sites (N-methyl/N-ethyl adjacent to an activating group) is 1. The van der Waals surface area contributed by atoms with Gasteiger partial charge in [0.25, 0.3) is 0 Å². The second-order valence-electron chi connectivity index (χ2n) is 7.16. The van der Waals surface area contributed by atoms with Gasteiger partial charge in [-0.3, -0.25) is 19.3 Å². The van der Waals surface area contributed by atoms with Gasteiger partial charge in [-0.1, -0.05) is 12.8 Å². The van der Waals surface area contributed by atoms with E-state index in [2.05, 4.69) is 4.90 Å². The molecule has 7 heteroatoms. The quantitative estimate of drug-likeness (QED) is 0.620. The lowest BCUT2D eigenvalue weighted by Gasteiger charge is -2.32. The summed E-state index contributed by atoms with van der Waals surface area (Å²) in [5, 5.41) is 0. The number of nitrogens with zero attached hydrogens (tertiary/aromatic N) is 4. The number of carbonyl (C=O) groups excluding carboxylic acids is 3. The summed E-state index contributed by atoms with van der Waals surface area (Å²) >= 11 is 0. The van der Waals surface area contributed by atoms with E-state index in [0.717, 1.165) is 19.5 Å². The van der Waals surface area contributed by atoms with Crippen molar-refractivity contribution in [2.75, 3.05) is 52.9 Å². The molecule has 0 bridgehead atoms. The van der Waals surface area contributed by atoms with Crippen LogP contribution in [0.15, 0.2) is 0 Å². The molecular formula is C17H28N4O3. The van der Waals surface area contributed by atoms with E-state index in [0.29, 0.717) is 32.2 Å². The van der Waals surface area contributed by atoms with Crippen molar-refractivity contribution in [1.29, 1.82) is 0 Å². The van der Waals surface area contributed by atoms with E-state index in [4.69, 9.17) is 0 Å². The zero-order valence-electron chi connectivity index (χ0n) is 14.6. The van der Waals surface area contributed by atoms with Crippen molar-refractivity contribution < 1.29 is 14.4 Å². The van der Waals surface area contributed by atoms with Gasteiger partial charge in [-0.2, -0.15) is 0 Å². The molecule has 2 saturated heterocycles. The van der Waals surface area contributed by atoms with Gasteiger partial charge in [-0.15, -0.1) is 0 Å². The zero-order valence-corrected chi connectivity index (χ0v) is 14.6. The molecule has 7 nitrogen and oxygen atoms in total. The number of hydrogen-bond acceptors (Lipinski definition) is 4. The minimum atomic E-state index is -0.522. The number of carbonyl (C=O) groups is 3. The summed E-state index contributed by atoms with van der Waals surface area (Å²) in [6.07, 6.45) is 6.04. The van der Waals surface area contributed by atoms with Crippen LogP contribution in [0.3, 0.4) is 0 Å². The highest BCUT2D eigenvalue weighted by molar-refractivity contribution is 6.35. The molecule has 0 aromatic heterocycles. The second kappa shape index (κ2) is 7.51. The first-order chi connectivity index (χ1) is 11.6. The van der Waals surface area contributed by atoms with Crippen LogP contribution in [-0.2, 0) is 14.4 Å². The lowest BCUT2D eigenvalue weighted by molar-refractivity contribution is -0.155.